The van der Waals surface area contributed by atoms with Crippen LogP contribution in [0, 0.1) is 11.3 Å². The third kappa shape index (κ3) is 3.02. The van der Waals surface area contributed by atoms with Crippen LogP contribution in [-0.2, 0) is 6.54 Å². The van der Waals surface area contributed by atoms with Gasteiger partial charge in [-0.2, -0.15) is 5.10 Å². The highest BCUT2D eigenvalue weighted by Gasteiger charge is 2.39. The van der Waals surface area contributed by atoms with Gasteiger partial charge in [0.2, 0.25) is 0 Å². The van der Waals surface area contributed by atoms with E-state index in [9.17, 15) is 0 Å². The molecule has 1 aliphatic rings. The van der Waals surface area contributed by atoms with Crippen molar-refractivity contribution in [2.45, 2.75) is 65.5 Å². The number of hydrogen-bond donors (Lipinski definition) is 2. The number of nitrogens with zero attached hydrogens (tertiary/aromatic N) is 2. The minimum Gasteiger partial charge on any atom is -0.271 e. The van der Waals surface area contributed by atoms with E-state index in [1.54, 1.807) is 6.20 Å². The molecule has 1 heterocycles. The van der Waals surface area contributed by atoms with Gasteiger partial charge in [-0.25, -0.2) is 0 Å². The van der Waals surface area contributed by atoms with Crippen molar-refractivity contribution >= 4 is 11.6 Å². The van der Waals surface area contributed by atoms with E-state index in [1.165, 1.54) is 25.7 Å². The fourth-order valence-electron chi connectivity index (χ4n) is 3.60. The summed E-state index contributed by atoms with van der Waals surface area (Å²) in [6.07, 6.45) is 7.79. The van der Waals surface area contributed by atoms with Crippen molar-refractivity contribution in [3.63, 3.8) is 0 Å². The molecule has 0 bridgehead atoms. The van der Waals surface area contributed by atoms with E-state index in [2.05, 4.69) is 31.3 Å². The lowest BCUT2D eigenvalue weighted by Crippen LogP contribution is -2.42. The largest absolute Gasteiger partial charge is 0.271 e. The van der Waals surface area contributed by atoms with Crippen LogP contribution in [0.3, 0.4) is 0 Å². The molecule has 0 radical (unpaired) electrons. The lowest BCUT2D eigenvalue weighted by atomic mass is 9.65. The highest BCUT2D eigenvalue weighted by Crippen LogP contribution is 2.47. The second kappa shape index (κ2) is 6.46. The maximum atomic E-state index is 6.39. The molecule has 1 aliphatic carbocycles. The van der Waals surface area contributed by atoms with Gasteiger partial charge in [0.15, 0.2) is 0 Å². The third-order valence-corrected chi connectivity index (χ3v) is 5.03. The number of nitrogens with one attached hydrogen (secondary N) is 1. The van der Waals surface area contributed by atoms with Crippen LogP contribution >= 0.6 is 11.6 Å². The van der Waals surface area contributed by atoms with E-state index in [-0.39, 0.29) is 11.5 Å². The van der Waals surface area contributed by atoms with Crippen molar-refractivity contribution in [1.82, 2.24) is 15.2 Å². The van der Waals surface area contributed by atoms with Gasteiger partial charge in [0.05, 0.1) is 23.0 Å². The molecule has 2 rings (SSSR count). The van der Waals surface area contributed by atoms with Gasteiger partial charge in [-0.3, -0.25) is 16.0 Å². The lowest BCUT2D eigenvalue weighted by Gasteiger charge is -2.43. The molecule has 2 atom stereocenters. The summed E-state index contributed by atoms with van der Waals surface area (Å²) in [5, 5.41) is 5.13. The van der Waals surface area contributed by atoms with Crippen molar-refractivity contribution in [3.8, 4) is 0 Å². The molecule has 3 N–H and O–H groups in total. The zero-order valence-electron chi connectivity index (χ0n) is 12.8. The molecule has 0 aliphatic heterocycles. The number of aryl methyl sites for hydroxylation is 1. The minimum absolute atomic E-state index is 0.0758. The second-order valence-corrected chi connectivity index (χ2v) is 6.99. The van der Waals surface area contributed by atoms with Gasteiger partial charge in [0, 0.05) is 6.54 Å². The van der Waals surface area contributed by atoms with Crippen LogP contribution in [0.15, 0.2) is 6.20 Å². The first-order valence-electron chi connectivity index (χ1n) is 7.68. The van der Waals surface area contributed by atoms with Gasteiger partial charge in [0.25, 0.3) is 0 Å². The number of hydrazine groups is 1. The summed E-state index contributed by atoms with van der Waals surface area (Å²) >= 11 is 6.39. The number of aromatic nitrogens is 2. The molecule has 0 amide bonds. The van der Waals surface area contributed by atoms with E-state index in [4.69, 9.17) is 17.4 Å². The molecule has 0 aromatic carbocycles. The highest BCUT2D eigenvalue weighted by atomic mass is 35.5. The smallest absolute Gasteiger partial charge is 0.0834 e. The Bertz CT molecular complexity index is 441. The Kier molecular flexibility index (Phi) is 5.10. The van der Waals surface area contributed by atoms with Crippen molar-refractivity contribution < 1.29 is 0 Å². The van der Waals surface area contributed by atoms with E-state index in [1.807, 2.05) is 4.68 Å². The maximum Gasteiger partial charge on any atom is 0.0834 e. The zero-order chi connectivity index (χ0) is 14.8. The number of hydrogen-bond acceptors (Lipinski definition) is 3. The Balaban J connectivity index is 2.34. The zero-order valence-corrected chi connectivity index (χ0v) is 13.6. The first-order valence-corrected chi connectivity index (χ1v) is 8.06. The van der Waals surface area contributed by atoms with E-state index < -0.39 is 0 Å². The minimum atomic E-state index is 0.0758. The Morgan fingerprint density at radius 2 is 2.30 bits per heavy atom. The monoisotopic (exact) mass is 298 g/mol. The van der Waals surface area contributed by atoms with Crippen molar-refractivity contribution in [1.29, 1.82) is 0 Å². The topological polar surface area (TPSA) is 55.9 Å². The van der Waals surface area contributed by atoms with Crippen LogP contribution in [0.4, 0.5) is 0 Å². The standard InChI is InChI=1S/C15H27ClN4/c1-4-9-20-14(12(16)10-18-20)13(19-17)11-7-5-6-8-15(11,2)3/h10-11,13,19H,4-9,17H2,1-3H3. The first kappa shape index (κ1) is 15.8. The van der Waals surface area contributed by atoms with Crippen LogP contribution in [0.2, 0.25) is 5.02 Å². The summed E-state index contributed by atoms with van der Waals surface area (Å²) in [6.45, 7) is 7.72. The molecule has 5 heteroatoms. The summed E-state index contributed by atoms with van der Waals surface area (Å²) in [5.74, 6) is 6.39. The van der Waals surface area contributed by atoms with Crippen LogP contribution in [0.5, 0.6) is 0 Å². The highest BCUT2D eigenvalue weighted by molar-refractivity contribution is 6.31. The fraction of sp³-hybridized carbons (Fsp3) is 0.800. The van der Waals surface area contributed by atoms with E-state index in [0.29, 0.717) is 5.92 Å². The van der Waals surface area contributed by atoms with E-state index >= 15 is 0 Å². The molecule has 114 valence electrons. The van der Waals surface area contributed by atoms with Gasteiger partial charge >= 0.3 is 0 Å². The molecule has 2 unspecified atom stereocenters. The average Bonchev–Trinajstić information content (AvgIpc) is 2.75. The number of rotatable bonds is 5. The predicted octanol–water partition coefficient (Wildman–Crippen LogP) is 3.67. The van der Waals surface area contributed by atoms with Crippen LogP contribution in [-0.4, -0.2) is 9.78 Å². The molecule has 0 saturated heterocycles. The average molecular weight is 299 g/mol. The molecule has 1 aromatic heterocycles. The van der Waals surface area contributed by atoms with Crippen molar-refractivity contribution in [2.24, 2.45) is 17.2 Å². The SMILES string of the molecule is CCCn1ncc(Cl)c1C(NN)C1CCCCC1(C)C. The fourth-order valence-corrected chi connectivity index (χ4v) is 3.85. The Hall–Kier alpha value is -0.580. The van der Waals surface area contributed by atoms with E-state index in [0.717, 1.165) is 23.7 Å². The predicted molar refractivity (Wildman–Crippen MR) is 83.3 cm³/mol. The second-order valence-electron chi connectivity index (χ2n) is 6.59. The molecular weight excluding hydrogens is 272 g/mol. The summed E-state index contributed by atoms with van der Waals surface area (Å²) in [5.41, 5.74) is 4.35. The first-order chi connectivity index (χ1) is 9.51. The molecule has 4 nitrogen and oxygen atoms in total. The van der Waals surface area contributed by atoms with Gasteiger partial charge in [-0.05, 0) is 30.6 Å². The molecule has 20 heavy (non-hydrogen) atoms. The van der Waals surface area contributed by atoms with Crippen molar-refractivity contribution in [3.05, 3.63) is 16.9 Å². The maximum absolute atomic E-state index is 6.39. The summed E-state index contributed by atoms with van der Waals surface area (Å²) in [7, 11) is 0. The van der Waals surface area contributed by atoms with Crippen molar-refractivity contribution in [2.75, 3.05) is 0 Å². The molecule has 0 spiro atoms. The lowest BCUT2D eigenvalue weighted by molar-refractivity contribution is 0.0947. The molecule has 1 aromatic rings. The number of nitrogens with two attached hydrogens (primary N) is 1. The normalized spacial score (nSPS) is 23.8. The Morgan fingerprint density at radius 3 is 2.90 bits per heavy atom. The quantitative estimate of drug-likeness (QED) is 0.644. The van der Waals surface area contributed by atoms with Gasteiger partial charge in [0.1, 0.15) is 0 Å². The summed E-state index contributed by atoms with van der Waals surface area (Å²) < 4.78 is 2.01. The summed E-state index contributed by atoms with van der Waals surface area (Å²) in [4.78, 5) is 0. The Labute approximate surface area is 127 Å². The van der Waals surface area contributed by atoms with Crippen LogP contribution in [0.1, 0.15) is 64.6 Å². The van der Waals surface area contributed by atoms with Crippen LogP contribution in [0.25, 0.3) is 0 Å². The van der Waals surface area contributed by atoms with Crippen LogP contribution < -0.4 is 11.3 Å². The summed E-state index contributed by atoms with van der Waals surface area (Å²) in [6, 6.07) is 0.0758. The third-order valence-electron chi connectivity index (χ3n) is 4.74. The number of halogens is 1. The molecular formula is C15H27ClN4. The van der Waals surface area contributed by atoms with Gasteiger partial charge in [-0.15, -0.1) is 0 Å². The van der Waals surface area contributed by atoms with Gasteiger partial charge in [-0.1, -0.05) is 45.2 Å². The molecule has 1 saturated carbocycles. The Morgan fingerprint density at radius 1 is 1.55 bits per heavy atom. The van der Waals surface area contributed by atoms with Gasteiger partial charge < -0.3 is 0 Å². The molecule has 1 fully saturated rings.